The maximum atomic E-state index is 6.91. The zero-order chi connectivity index (χ0) is 50.9. The summed E-state index contributed by atoms with van der Waals surface area (Å²) in [6, 6.07) is 58.8. The molecular formula is C67H66IrN4O-2. The van der Waals surface area contributed by atoms with Gasteiger partial charge in [-0.25, -0.2) is 0 Å². The van der Waals surface area contributed by atoms with Gasteiger partial charge in [-0.1, -0.05) is 168 Å². The Morgan fingerprint density at radius 3 is 1.84 bits per heavy atom. The molecule has 3 aromatic heterocycles. The number of hydrogen-bond donors (Lipinski definition) is 0. The number of benzene rings is 8. The molecule has 0 aliphatic carbocycles. The summed E-state index contributed by atoms with van der Waals surface area (Å²) in [6.07, 6.45) is 1.81. The molecule has 371 valence electrons. The van der Waals surface area contributed by atoms with E-state index < -0.39 is 0 Å². The zero-order valence-electron chi connectivity index (χ0n) is 44.6. The van der Waals surface area contributed by atoms with Crippen molar-refractivity contribution in [3.8, 4) is 39.6 Å². The zero-order valence-corrected chi connectivity index (χ0v) is 47.0. The second-order valence-electron chi connectivity index (χ2n) is 23.2. The summed E-state index contributed by atoms with van der Waals surface area (Å²) in [6.45, 7) is 29.6. The Balaban J connectivity index is 0.000000329. The van der Waals surface area contributed by atoms with Crippen molar-refractivity contribution in [2.75, 3.05) is 0 Å². The van der Waals surface area contributed by atoms with Crippen LogP contribution in [-0.4, -0.2) is 19.5 Å². The van der Waals surface area contributed by atoms with Crippen LogP contribution in [0.1, 0.15) is 130 Å². The summed E-state index contributed by atoms with van der Waals surface area (Å²) < 4.78 is 9.31. The van der Waals surface area contributed by atoms with Gasteiger partial charge in [-0.15, -0.1) is 54.1 Å². The monoisotopic (exact) mass is 1140 g/mol. The van der Waals surface area contributed by atoms with Crippen molar-refractivity contribution in [1.29, 1.82) is 0 Å². The molecule has 0 spiro atoms. The van der Waals surface area contributed by atoms with Crippen LogP contribution < -0.4 is 0 Å². The minimum absolute atomic E-state index is 0. The smallest absolute Gasteiger partial charge is 0.121 e. The molecule has 0 unspecified atom stereocenters. The first-order valence-electron chi connectivity index (χ1n) is 25.6. The van der Waals surface area contributed by atoms with Crippen LogP contribution in [-0.2, 0) is 36.4 Å². The van der Waals surface area contributed by atoms with Gasteiger partial charge in [-0.2, -0.15) is 0 Å². The molecule has 0 N–H and O–H groups in total. The molecule has 0 atom stereocenters. The Morgan fingerprint density at radius 2 is 1.18 bits per heavy atom. The number of hydrogen-bond acceptors (Lipinski definition) is 4. The molecule has 0 saturated heterocycles. The van der Waals surface area contributed by atoms with Crippen molar-refractivity contribution in [1.82, 2.24) is 19.5 Å². The molecule has 0 saturated carbocycles. The predicted molar refractivity (Wildman–Crippen MR) is 304 cm³/mol. The number of fused-ring (bicyclic) bond motifs is 7. The summed E-state index contributed by atoms with van der Waals surface area (Å²) in [5.74, 6) is 2.08. The number of para-hydroxylation sites is 2. The van der Waals surface area contributed by atoms with E-state index in [1.165, 1.54) is 60.6 Å². The van der Waals surface area contributed by atoms with Gasteiger partial charge in [0.15, 0.2) is 0 Å². The van der Waals surface area contributed by atoms with Gasteiger partial charge < -0.3 is 8.98 Å². The normalized spacial score (nSPS) is 12.3. The van der Waals surface area contributed by atoms with E-state index in [2.05, 4.69) is 226 Å². The van der Waals surface area contributed by atoms with Gasteiger partial charge in [0, 0.05) is 48.5 Å². The van der Waals surface area contributed by atoms with E-state index in [1.807, 2.05) is 42.6 Å². The van der Waals surface area contributed by atoms with E-state index in [1.54, 1.807) is 0 Å². The van der Waals surface area contributed by atoms with Crippen molar-refractivity contribution < 1.29 is 24.5 Å². The summed E-state index contributed by atoms with van der Waals surface area (Å²) in [4.78, 5) is 14.3. The largest absolute Gasteiger partial charge is 0.501 e. The molecule has 0 bridgehead atoms. The molecule has 11 rings (SSSR count). The molecule has 6 heteroatoms. The van der Waals surface area contributed by atoms with Crippen LogP contribution in [0.4, 0.5) is 0 Å². The number of imidazole rings is 1. The average Bonchev–Trinajstić information content (AvgIpc) is 3.93. The van der Waals surface area contributed by atoms with Gasteiger partial charge in [-0.05, 0) is 120 Å². The Kier molecular flexibility index (Phi) is 13.8. The van der Waals surface area contributed by atoms with Gasteiger partial charge >= 0.3 is 0 Å². The van der Waals surface area contributed by atoms with Gasteiger partial charge in [0.25, 0.3) is 0 Å². The van der Waals surface area contributed by atoms with E-state index in [-0.39, 0.29) is 48.2 Å². The molecule has 3 heterocycles. The molecule has 0 aliphatic rings. The van der Waals surface area contributed by atoms with Crippen LogP contribution in [0.2, 0.25) is 0 Å². The van der Waals surface area contributed by atoms with Crippen molar-refractivity contribution in [3.05, 3.63) is 192 Å². The van der Waals surface area contributed by atoms with Crippen molar-refractivity contribution >= 4 is 54.5 Å². The van der Waals surface area contributed by atoms with E-state index in [0.29, 0.717) is 0 Å². The third-order valence-electron chi connectivity index (χ3n) is 14.1. The molecule has 73 heavy (non-hydrogen) atoms. The first-order chi connectivity index (χ1) is 34.2. The van der Waals surface area contributed by atoms with E-state index in [4.69, 9.17) is 9.40 Å². The first kappa shape index (κ1) is 51.2. The molecule has 11 aromatic rings. The molecule has 0 fully saturated rings. The summed E-state index contributed by atoms with van der Waals surface area (Å²) in [5, 5.41) is 7.02. The second-order valence-corrected chi connectivity index (χ2v) is 23.2. The topological polar surface area (TPSA) is 56.7 Å². The number of rotatable bonds is 6. The Morgan fingerprint density at radius 1 is 0.534 bits per heavy atom. The maximum Gasteiger partial charge on any atom is 0.121 e. The summed E-state index contributed by atoms with van der Waals surface area (Å²) in [7, 11) is 0. The minimum Gasteiger partial charge on any atom is -0.501 e. The molecule has 0 amide bonds. The third kappa shape index (κ3) is 9.93. The number of nitrogens with zero attached hydrogens (tertiary/aromatic N) is 4. The summed E-state index contributed by atoms with van der Waals surface area (Å²) in [5.41, 5.74) is 15.7. The molecule has 0 aliphatic heterocycles. The second kappa shape index (κ2) is 19.6. The van der Waals surface area contributed by atoms with Crippen LogP contribution in [0, 0.1) is 12.1 Å². The molecule has 1 radical (unpaired) electrons. The average molecular weight is 1140 g/mol. The van der Waals surface area contributed by atoms with Gasteiger partial charge in [0.2, 0.25) is 0 Å². The Bertz CT molecular complexity index is 3760. The third-order valence-corrected chi connectivity index (χ3v) is 14.1. The van der Waals surface area contributed by atoms with Crippen molar-refractivity contribution in [2.45, 2.75) is 118 Å². The maximum absolute atomic E-state index is 6.91. The van der Waals surface area contributed by atoms with E-state index >= 15 is 0 Å². The number of furan rings is 1. The fourth-order valence-corrected chi connectivity index (χ4v) is 9.91. The SMILES string of the molecule is CC(C)(C)c1ccnc(-c2[c-]cccc2)n1.CC(C)c1cc(-c2cc(C(C)(C)C)cc(C(C)(C)C)c2)cc(C(C)C)c1-n1c(-c2[c-]ccc3c2oc2cc4c(ccc5ccccc54)cc23)nc2ccccc21.[Ir]. The van der Waals surface area contributed by atoms with Crippen molar-refractivity contribution in [3.63, 3.8) is 0 Å². The van der Waals surface area contributed by atoms with Crippen LogP contribution in [0.25, 0.3) is 94.1 Å². The fourth-order valence-electron chi connectivity index (χ4n) is 9.91. The fraction of sp³-hybridized carbons (Fsp3) is 0.269. The number of aromatic nitrogens is 4. The van der Waals surface area contributed by atoms with E-state index in [9.17, 15) is 0 Å². The van der Waals surface area contributed by atoms with Crippen LogP contribution >= 0.6 is 0 Å². The Labute approximate surface area is 445 Å². The van der Waals surface area contributed by atoms with Gasteiger partial charge in [0.1, 0.15) is 5.58 Å². The van der Waals surface area contributed by atoms with Crippen LogP contribution in [0.3, 0.4) is 0 Å². The van der Waals surface area contributed by atoms with Gasteiger partial charge in [0.05, 0.1) is 28.3 Å². The molecular weight excluding hydrogens is 1070 g/mol. The van der Waals surface area contributed by atoms with Gasteiger partial charge in [-0.3, -0.25) is 15.0 Å². The van der Waals surface area contributed by atoms with E-state index in [0.717, 1.165) is 61.4 Å². The van der Waals surface area contributed by atoms with Crippen LogP contribution in [0.15, 0.2) is 156 Å². The molecule has 5 nitrogen and oxygen atoms in total. The predicted octanol–water partition coefficient (Wildman–Crippen LogP) is 18.4. The van der Waals surface area contributed by atoms with Crippen molar-refractivity contribution in [2.24, 2.45) is 0 Å². The quantitative estimate of drug-likeness (QED) is 0.123. The molecule has 8 aromatic carbocycles. The first-order valence-corrected chi connectivity index (χ1v) is 25.6. The summed E-state index contributed by atoms with van der Waals surface area (Å²) >= 11 is 0. The standard InChI is InChI=1S/C53H51N2O.C14H15N2.Ir/c1-31(2)42-27-36(35-24-37(52(5,6)7)29-38(25-35)53(8,9)10)28-43(32(3)4)49(42)55-47-21-14-13-20-46(47)54-51(55)41-19-15-18-40-45-26-34-23-22-33-16-11-12-17-39(33)44(34)30-48(45)56-50(40)41;1-14(2,3)12-9-10-15-13(16-12)11-7-5-4-6-8-11;/h11-18,20-32H,1-10H3;4-7,9-10H,1-3H3;/q2*-1;. The Hall–Kier alpha value is -6.72. The van der Waals surface area contributed by atoms with Crippen LogP contribution in [0.5, 0.6) is 0 Å². The minimum atomic E-state index is 0.